The highest BCUT2D eigenvalue weighted by Gasteiger charge is 2.39. The molecule has 1 saturated heterocycles. The summed E-state index contributed by atoms with van der Waals surface area (Å²) >= 11 is 1.08. The molecule has 6 rings (SSSR count). The highest BCUT2D eigenvalue weighted by Crippen LogP contribution is 2.34. The van der Waals surface area contributed by atoms with Gasteiger partial charge in [-0.2, -0.15) is 0 Å². The molecule has 0 spiro atoms. The molecule has 230 valence electrons. The number of piperidine rings is 1. The number of benzene rings is 1. The Balaban J connectivity index is 1.02. The molecule has 5 amide bonds. The number of aromatic nitrogens is 2. The van der Waals surface area contributed by atoms with E-state index in [-0.39, 0.29) is 73.6 Å². The summed E-state index contributed by atoms with van der Waals surface area (Å²) in [6.45, 7) is 0.546. The van der Waals surface area contributed by atoms with Crippen LogP contribution in [0.5, 0.6) is 5.88 Å². The SMILES string of the molecule is NC(=O)c1sc(-c2ccnc(NC(=O)C3CC3)c2)nc1OCCOCC#Cc1cccc2c1CN(C1CCC(=O)NC1=O)C2=O. The fourth-order valence-corrected chi connectivity index (χ4v) is 5.90. The highest BCUT2D eigenvalue weighted by atomic mass is 32.1. The van der Waals surface area contributed by atoms with E-state index in [0.717, 1.165) is 29.7 Å². The van der Waals surface area contributed by atoms with E-state index in [1.165, 1.54) is 4.90 Å². The lowest BCUT2D eigenvalue weighted by Crippen LogP contribution is -2.52. The molecule has 1 aliphatic carbocycles. The molecule has 0 bridgehead atoms. The third-order valence-electron chi connectivity index (χ3n) is 7.47. The van der Waals surface area contributed by atoms with Crippen molar-refractivity contribution in [2.24, 2.45) is 11.7 Å². The van der Waals surface area contributed by atoms with Crippen LogP contribution >= 0.6 is 11.3 Å². The molecule has 4 heterocycles. The van der Waals surface area contributed by atoms with Gasteiger partial charge in [0.15, 0.2) is 4.88 Å². The van der Waals surface area contributed by atoms with Crippen LogP contribution in [0.4, 0.5) is 5.82 Å². The number of anilines is 1. The average Bonchev–Trinajstić information content (AvgIpc) is 3.70. The Hall–Kier alpha value is -5.13. The molecular weight excluding hydrogens is 600 g/mol. The number of nitrogens with one attached hydrogen (secondary N) is 2. The predicted molar refractivity (Wildman–Crippen MR) is 161 cm³/mol. The van der Waals surface area contributed by atoms with E-state index in [0.29, 0.717) is 27.5 Å². The maximum atomic E-state index is 13.0. The zero-order chi connectivity index (χ0) is 31.5. The Kier molecular flexibility index (Phi) is 8.54. The normalized spacial score (nSPS) is 17.3. The number of primary amides is 1. The second-order valence-electron chi connectivity index (χ2n) is 10.6. The number of pyridine rings is 1. The second kappa shape index (κ2) is 12.8. The Morgan fingerprint density at radius 1 is 1.16 bits per heavy atom. The summed E-state index contributed by atoms with van der Waals surface area (Å²) in [7, 11) is 0. The predicted octanol–water partition coefficient (Wildman–Crippen LogP) is 1.86. The van der Waals surface area contributed by atoms with Gasteiger partial charge in [-0.25, -0.2) is 9.97 Å². The van der Waals surface area contributed by atoms with Gasteiger partial charge >= 0.3 is 0 Å². The van der Waals surface area contributed by atoms with E-state index in [9.17, 15) is 24.0 Å². The van der Waals surface area contributed by atoms with Gasteiger partial charge in [-0.05, 0) is 49.1 Å². The fraction of sp³-hybridized carbons (Fsp3) is 0.323. The molecule has 1 unspecified atom stereocenters. The maximum Gasteiger partial charge on any atom is 0.264 e. The summed E-state index contributed by atoms with van der Waals surface area (Å²) in [4.78, 5) is 71.2. The monoisotopic (exact) mass is 628 g/mol. The Labute approximate surface area is 261 Å². The molecular formula is C31H28N6O7S. The minimum absolute atomic E-state index is 0.0348. The number of imide groups is 1. The molecule has 2 aliphatic heterocycles. The standard InChI is InChI=1S/C31H28N6O7S/c32-26(39)25-29(36-30(45-25)19-10-11-33-23(15-19)34-27(40)18-6-7-18)44-14-13-43-12-2-4-17-3-1-5-20-21(17)16-37(31(20)42)22-8-9-24(38)35-28(22)41/h1,3,5,10-11,15,18,22H,6-9,12-14,16H2,(H2,32,39)(H,33,34,40)(H,35,38,41). The van der Waals surface area contributed by atoms with Crippen LogP contribution in [-0.2, 0) is 25.7 Å². The van der Waals surface area contributed by atoms with Crippen LogP contribution in [0.15, 0.2) is 36.5 Å². The van der Waals surface area contributed by atoms with Crippen molar-refractivity contribution < 1.29 is 33.4 Å². The molecule has 1 atom stereocenters. The van der Waals surface area contributed by atoms with Crippen molar-refractivity contribution in [1.29, 1.82) is 0 Å². The van der Waals surface area contributed by atoms with Gasteiger partial charge in [0.2, 0.25) is 23.6 Å². The fourth-order valence-electron chi connectivity index (χ4n) is 5.04. The Morgan fingerprint density at radius 2 is 2.00 bits per heavy atom. The van der Waals surface area contributed by atoms with Gasteiger partial charge in [0.1, 0.15) is 30.1 Å². The first-order valence-electron chi connectivity index (χ1n) is 14.3. The van der Waals surface area contributed by atoms with Crippen LogP contribution in [0, 0.1) is 17.8 Å². The summed E-state index contributed by atoms with van der Waals surface area (Å²) in [6.07, 6.45) is 3.77. The quantitative estimate of drug-likeness (QED) is 0.171. The van der Waals surface area contributed by atoms with E-state index in [1.54, 1.807) is 36.5 Å². The van der Waals surface area contributed by atoms with Crippen LogP contribution in [-0.4, -0.2) is 70.3 Å². The lowest BCUT2D eigenvalue weighted by Gasteiger charge is -2.29. The number of ether oxygens (including phenoxy) is 2. The lowest BCUT2D eigenvalue weighted by molar-refractivity contribution is -0.137. The first kappa shape index (κ1) is 29.9. The minimum atomic E-state index is -0.697. The van der Waals surface area contributed by atoms with Crippen LogP contribution in [0.25, 0.3) is 10.6 Å². The molecule has 3 aliphatic rings. The molecule has 1 saturated carbocycles. The summed E-state index contributed by atoms with van der Waals surface area (Å²) in [5.41, 5.74) is 8.08. The summed E-state index contributed by atoms with van der Waals surface area (Å²) in [6, 6.07) is 7.93. The third kappa shape index (κ3) is 6.69. The van der Waals surface area contributed by atoms with E-state index in [4.69, 9.17) is 15.2 Å². The van der Waals surface area contributed by atoms with Crippen molar-refractivity contribution in [3.63, 3.8) is 0 Å². The number of carbonyl (C=O) groups excluding carboxylic acids is 5. The summed E-state index contributed by atoms with van der Waals surface area (Å²) < 4.78 is 11.3. The van der Waals surface area contributed by atoms with Crippen molar-refractivity contribution in [2.45, 2.75) is 38.3 Å². The third-order valence-corrected chi connectivity index (χ3v) is 8.57. The number of fused-ring (bicyclic) bond motifs is 1. The van der Waals surface area contributed by atoms with Gasteiger partial charge in [-0.15, -0.1) is 11.3 Å². The van der Waals surface area contributed by atoms with E-state index in [1.807, 2.05) is 0 Å². The van der Waals surface area contributed by atoms with Crippen molar-refractivity contribution in [2.75, 3.05) is 25.1 Å². The lowest BCUT2D eigenvalue weighted by atomic mass is 10.0. The number of thiazole rings is 1. The molecule has 45 heavy (non-hydrogen) atoms. The van der Waals surface area contributed by atoms with Gasteiger partial charge in [-0.1, -0.05) is 17.9 Å². The number of nitrogens with zero attached hydrogens (tertiary/aromatic N) is 3. The van der Waals surface area contributed by atoms with Gasteiger partial charge in [-0.3, -0.25) is 29.3 Å². The van der Waals surface area contributed by atoms with Crippen LogP contribution in [0.2, 0.25) is 0 Å². The molecule has 2 aromatic heterocycles. The molecule has 0 radical (unpaired) electrons. The van der Waals surface area contributed by atoms with Gasteiger partial charge in [0.25, 0.3) is 11.8 Å². The molecule has 3 aromatic rings. The molecule has 2 fully saturated rings. The van der Waals surface area contributed by atoms with Crippen LogP contribution in [0.1, 0.15) is 56.8 Å². The van der Waals surface area contributed by atoms with Gasteiger partial charge < -0.3 is 25.4 Å². The van der Waals surface area contributed by atoms with Crippen LogP contribution < -0.4 is 21.1 Å². The Morgan fingerprint density at radius 3 is 2.78 bits per heavy atom. The zero-order valence-electron chi connectivity index (χ0n) is 24.0. The minimum Gasteiger partial charge on any atom is -0.474 e. The largest absolute Gasteiger partial charge is 0.474 e. The molecule has 14 heteroatoms. The molecule has 13 nitrogen and oxygen atoms in total. The van der Waals surface area contributed by atoms with E-state index >= 15 is 0 Å². The number of rotatable bonds is 10. The smallest absolute Gasteiger partial charge is 0.264 e. The number of hydrogen-bond donors (Lipinski definition) is 3. The second-order valence-corrected chi connectivity index (χ2v) is 11.6. The number of amides is 5. The number of hydrogen-bond acceptors (Lipinski definition) is 10. The number of carbonyl (C=O) groups is 5. The summed E-state index contributed by atoms with van der Waals surface area (Å²) in [5, 5.41) is 5.58. The topological polar surface area (TPSA) is 183 Å². The van der Waals surface area contributed by atoms with Crippen molar-refractivity contribution in [3.8, 4) is 28.3 Å². The van der Waals surface area contributed by atoms with Crippen LogP contribution in [0.3, 0.4) is 0 Å². The first-order chi connectivity index (χ1) is 21.8. The van der Waals surface area contributed by atoms with Gasteiger partial charge in [0.05, 0.1) is 6.61 Å². The molecule has 4 N–H and O–H groups in total. The maximum absolute atomic E-state index is 13.0. The zero-order valence-corrected chi connectivity index (χ0v) is 24.8. The van der Waals surface area contributed by atoms with E-state index in [2.05, 4.69) is 32.4 Å². The Bertz CT molecular complexity index is 1770. The molecule has 1 aromatic carbocycles. The number of nitrogens with two attached hydrogens (primary N) is 1. The summed E-state index contributed by atoms with van der Waals surface area (Å²) in [5.74, 6) is 4.68. The van der Waals surface area contributed by atoms with E-state index < -0.39 is 17.9 Å². The average molecular weight is 629 g/mol. The van der Waals surface area contributed by atoms with Gasteiger partial charge in [0, 0.05) is 41.8 Å². The highest BCUT2D eigenvalue weighted by molar-refractivity contribution is 7.17. The first-order valence-corrected chi connectivity index (χ1v) is 15.1. The van der Waals surface area contributed by atoms with Crippen molar-refractivity contribution >= 4 is 46.7 Å². The van der Waals surface area contributed by atoms with Crippen molar-refractivity contribution in [3.05, 3.63) is 58.1 Å². The van der Waals surface area contributed by atoms with Crippen molar-refractivity contribution in [1.82, 2.24) is 20.2 Å².